The van der Waals surface area contributed by atoms with Gasteiger partial charge in [0.1, 0.15) is 6.20 Å². The minimum Gasteiger partial charge on any atom is -0.304 e. The predicted octanol–water partition coefficient (Wildman–Crippen LogP) is -0.192. The minimum atomic E-state index is -0.264. The summed E-state index contributed by atoms with van der Waals surface area (Å²) in [4.78, 5) is 12.9. The molecule has 0 aliphatic rings. The average molecular weight is 123 g/mol. The Morgan fingerprint density at radius 1 is 1.78 bits per heavy atom. The number of H-pyrrole nitrogens is 1. The van der Waals surface area contributed by atoms with Crippen LogP contribution >= 0.6 is 0 Å². The van der Waals surface area contributed by atoms with Crippen LogP contribution in [-0.2, 0) is 0 Å². The lowest BCUT2D eigenvalue weighted by Gasteiger charge is -1.84. The number of aromatic nitrogens is 3. The zero-order valence-corrected chi connectivity index (χ0v) is 4.66. The molecule has 0 amide bonds. The molecule has 0 spiro atoms. The van der Waals surface area contributed by atoms with Crippen LogP contribution in [0, 0.1) is 0 Å². The van der Waals surface area contributed by atoms with Crippen molar-refractivity contribution in [2.24, 2.45) is 0 Å². The van der Waals surface area contributed by atoms with E-state index in [9.17, 15) is 4.79 Å². The van der Waals surface area contributed by atoms with Gasteiger partial charge in [0.05, 0.1) is 0 Å². The fraction of sp³-hybridized carbons (Fsp3) is 0. The van der Waals surface area contributed by atoms with Gasteiger partial charge in [-0.3, -0.25) is 4.79 Å². The maximum absolute atomic E-state index is 10.4. The van der Waals surface area contributed by atoms with Crippen LogP contribution in [0.25, 0.3) is 6.08 Å². The molecule has 0 saturated carbocycles. The van der Waals surface area contributed by atoms with Crippen LogP contribution in [0.4, 0.5) is 0 Å². The highest BCUT2D eigenvalue weighted by Gasteiger charge is 1.85. The Labute approximate surface area is 51.3 Å². The summed E-state index contributed by atoms with van der Waals surface area (Å²) < 4.78 is 0. The van der Waals surface area contributed by atoms with Gasteiger partial charge in [0.25, 0.3) is 5.56 Å². The van der Waals surface area contributed by atoms with Gasteiger partial charge in [-0.2, -0.15) is 5.10 Å². The fourth-order valence-electron chi connectivity index (χ4n) is 0.419. The summed E-state index contributed by atoms with van der Waals surface area (Å²) in [5, 5.41) is 6.92. The highest BCUT2D eigenvalue weighted by Crippen LogP contribution is 1.79. The standard InChI is InChI=1S/C5H5N3O/c1-2-4-7-5(9)3-6-8-4/h2-3H,1H2,(H,7,8,9). The second kappa shape index (κ2) is 2.21. The van der Waals surface area contributed by atoms with Crippen molar-refractivity contribution < 1.29 is 0 Å². The first kappa shape index (κ1) is 5.68. The summed E-state index contributed by atoms with van der Waals surface area (Å²) in [5.74, 6) is 0.391. The van der Waals surface area contributed by atoms with E-state index in [2.05, 4.69) is 21.8 Å². The summed E-state index contributed by atoms with van der Waals surface area (Å²) in [6, 6.07) is 0. The van der Waals surface area contributed by atoms with Gasteiger partial charge in [0.15, 0.2) is 5.82 Å². The van der Waals surface area contributed by atoms with Crippen LogP contribution in [0.5, 0.6) is 0 Å². The fourth-order valence-corrected chi connectivity index (χ4v) is 0.419. The third kappa shape index (κ3) is 1.22. The Kier molecular flexibility index (Phi) is 1.40. The van der Waals surface area contributed by atoms with Crippen molar-refractivity contribution in [3.05, 3.63) is 29.0 Å². The van der Waals surface area contributed by atoms with E-state index in [1.807, 2.05) is 0 Å². The SMILES string of the molecule is C=Cc1nncc(=O)[nH]1. The molecule has 0 bridgehead atoms. The highest BCUT2D eigenvalue weighted by atomic mass is 16.1. The molecule has 0 radical (unpaired) electrons. The average Bonchev–Trinajstić information content (AvgIpc) is 1.88. The summed E-state index contributed by atoms with van der Waals surface area (Å²) in [5.41, 5.74) is -0.264. The second-order valence-corrected chi connectivity index (χ2v) is 1.42. The van der Waals surface area contributed by atoms with Crippen LogP contribution in [-0.4, -0.2) is 15.2 Å². The molecule has 46 valence electrons. The third-order valence-electron chi connectivity index (χ3n) is 0.785. The van der Waals surface area contributed by atoms with Crippen LogP contribution in [0.2, 0.25) is 0 Å². The molecular weight excluding hydrogens is 118 g/mol. The molecule has 1 N–H and O–H groups in total. The van der Waals surface area contributed by atoms with Crippen LogP contribution < -0.4 is 5.56 Å². The molecule has 4 heteroatoms. The lowest BCUT2D eigenvalue weighted by atomic mass is 10.6. The molecular formula is C5H5N3O. The van der Waals surface area contributed by atoms with E-state index in [0.717, 1.165) is 6.20 Å². The van der Waals surface area contributed by atoms with Crippen molar-refractivity contribution in [3.63, 3.8) is 0 Å². The molecule has 4 nitrogen and oxygen atoms in total. The molecule has 0 fully saturated rings. The molecule has 0 unspecified atom stereocenters. The van der Waals surface area contributed by atoms with Crippen molar-refractivity contribution in [2.45, 2.75) is 0 Å². The maximum atomic E-state index is 10.4. The number of hydrogen-bond acceptors (Lipinski definition) is 3. The lowest BCUT2D eigenvalue weighted by Crippen LogP contribution is -2.08. The summed E-state index contributed by atoms with van der Waals surface area (Å²) in [7, 11) is 0. The Hall–Kier alpha value is -1.45. The van der Waals surface area contributed by atoms with E-state index in [4.69, 9.17) is 0 Å². The number of aromatic amines is 1. The van der Waals surface area contributed by atoms with E-state index >= 15 is 0 Å². The maximum Gasteiger partial charge on any atom is 0.269 e. The molecule has 1 aromatic heterocycles. The van der Waals surface area contributed by atoms with E-state index in [0.29, 0.717) is 5.82 Å². The van der Waals surface area contributed by atoms with Gasteiger partial charge >= 0.3 is 0 Å². The monoisotopic (exact) mass is 123 g/mol. The molecule has 0 saturated heterocycles. The first-order valence-electron chi connectivity index (χ1n) is 2.37. The highest BCUT2D eigenvalue weighted by molar-refractivity contribution is 5.33. The lowest BCUT2D eigenvalue weighted by molar-refractivity contribution is 0.926. The number of hydrogen-bond donors (Lipinski definition) is 1. The normalized spacial score (nSPS) is 8.89. The first-order chi connectivity index (χ1) is 4.33. The molecule has 1 aromatic rings. The Bertz CT molecular complexity index is 265. The molecule has 1 rings (SSSR count). The molecule has 9 heavy (non-hydrogen) atoms. The van der Waals surface area contributed by atoms with Gasteiger partial charge in [-0.1, -0.05) is 6.58 Å². The van der Waals surface area contributed by atoms with Crippen molar-refractivity contribution in [1.29, 1.82) is 0 Å². The van der Waals surface area contributed by atoms with Crippen molar-refractivity contribution >= 4 is 6.08 Å². The predicted molar refractivity (Wildman–Crippen MR) is 32.7 cm³/mol. The van der Waals surface area contributed by atoms with Gasteiger partial charge in [0.2, 0.25) is 0 Å². The zero-order valence-electron chi connectivity index (χ0n) is 4.66. The Morgan fingerprint density at radius 3 is 3.00 bits per heavy atom. The number of nitrogens with one attached hydrogen (secondary N) is 1. The topological polar surface area (TPSA) is 58.6 Å². The zero-order chi connectivity index (χ0) is 6.69. The van der Waals surface area contributed by atoms with Crippen LogP contribution in [0.15, 0.2) is 17.6 Å². The first-order valence-corrected chi connectivity index (χ1v) is 2.37. The van der Waals surface area contributed by atoms with E-state index in [-0.39, 0.29) is 5.56 Å². The van der Waals surface area contributed by atoms with Crippen molar-refractivity contribution in [2.75, 3.05) is 0 Å². The largest absolute Gasteiger partial charge is 0.304 e. The molecule has 1 heterocycles. The number of nitrogens with zero attached hydrogens (tertiary/aromatic N) is 2. The molecule has 0 aliphatic carbocycles. The van der Waals surface area contributed by atoms with Gasteiger partial charge in [-0.25, -0.2) is 0 Å². The quantitative estimate of drug-likeness (QED) is 0.563. The van der Waals surface area contributed by atoms with E-state index < -0.39 is 0 Å². The second-order valence-electron chi connectivity index (χ2n) is 1.42. The summed E-state index contributed by atoms with van der Waals surface area (Å²) in [6.45, 7) is 3.40. The molecule has 0 atom stereocenters. The third-order valence-corrected chi connectivity index (χ3v) is 0.785. The Balaban J connectivity index is 3.23. The van der Waals surface area contributed by atoms with Gasteiger partial charge in [-0.15, -0.1) is 5.10 Å². The smallest absolute Gasteiger partial charge is 0.269 e. The van der Waals surface area contributed by atoms with Crippen molar-refractivity contribution in [1.82, 2.24) is 15.2 Å². The minimum absolute atomic E-state index is 0.264. The van der Waals surface area contributed by atoms with Gasteiger partial charge < -0.3 is 4.98 Å². The molecule has 0 aromatic carbocycles. The van der Waals surface area contributed by atoms with E-state index in [1.165, 1.54) is 6.08 Å². The van der Waals surface area contributed by atoms with Crippen LogP contribution in [0.3, 0.4) is 0 Å². The molecule has 0 aliphatic heterocycles. The van der Waals surface area contributed by atoms with E-state index in [1.54, 1.807) is 0 Å². The van der Waals surface area contributed by atoms with Crippen molar-refractivity contribution in [3.8, 4) is 0 Å². The van der Waals surface area contributed by atoms with Gasteiger partial charge in [-0.05, 0) is 6.08 Å². The van der Waals surface area contributed by atoms with Crippen LogP contribution in [0.1, 0.15) is 5.82 Å². The summed E-state index contributed by atoms with van der Waals surface area (Å²) >= 11 is 0. The number of rotatable bonds is 1. The van der Waals surface area contributed by atoms with Gasteiger partial charge in [0, 0.05) is 0 Å². The Morgan fingerprint density at radius 2 is 2.56 bits per heavy atom. The summed E-state index contributed by atoms with van der Waals surface area (Å²) in [6.07, 6.45) is 2.53.